The van der Waals surface area contributed by atoms with Gasteiger partial charge in [0.15, 0.2) is 11.3 Å². The Morgan fingerprint density at radius 1 is 0.444 bits per heavy atom. The first-order valence-electron chi connectivity index (χ1n) is 18.0. The molecule has 0 unspecified atom stereocenters. The summed E-state index contributed by atoms with van der Waals surface area (Å²) in [6, 6.07) is 56.9. The number of aromatic nitrogens is 2. The van der Waals surface area contributed by atoms with Crippen LogP contribution in [0.15, 0.2) is 173 Å². The van der Waals surface area contributed by atoms with E-state index in [9.17, 15) is 0 Å². The van der Waals surface area contributed by atoms with Crippen molar-refractivity contribution >= 4 is 93.2 Å². The van der Waals surface area contributed by atoms with Gasteiger partial charge < -0.3 is 18.0 Å². The summed E-state index contributed by atoms with van der Waals surface area (Å²) in [5, 5.41) is 8.88. The van der Waals surface area contributed by atoms with Crippen LogP contribution in [0.25, 0.3) is 115 Å². The fraction of sp³-hybridized carbons (Fsp3) is 0. The maximum Gasteiger partial charge on any atom is 0.189 e. The van der Waals surface area contributed by atoms with Crippen molar-refractivity contribution in [2.75, 3.05) is 0 Å². The van der Waals surface area contributed by atoms with Crippen molar-refractivity contribution in [2.24, 2.45) is 0 Å². The van der Waals surface area contributed by atoms with Crippen LogP contribution in [-0.4, -0.2) is 9.13 Å². The molecule has 0 saturated heterocycles. The fourth-order valence-corrected chi connectivity index (χ4v) is 8.87. The van der Waals surface area contributed by atoms with Gasteiger partial charge in [0.1, 0.15) is 16.7 Å². The third-order valence-electron chi connectivity index (χ3n) is 11.1. The number of fused-ring (bicyclic) bond motifs is 14. The minimum absolute atomic E-state index is 0.564. The lowest BCUT2D eigenvalue weighted by Crippen LogP contribution is -1.99. The van der Waals surface area contributed by atoms with E-state index in [2.05, 4.69) is 141 Å². The zero-order valence-electron chi connectivity index (χ0n) is 28.7. The van der Waals surface area contributed by atoms with E-state index in [-0.39, 0.29) is 0 Å². The van der Waals surface area contributed by atoms with E-state index in [4.69, 9.17) is 15.4 Å². The van der Waals surface area contributed by atoms with E-state index in [0.717, 1.165) is 110 Å². The summed E-state index contributed by atoms with van der Waals surface area (Å²) in [6.45, 7) is 8.30. The Balaban J connectivity index is 1.18. The summed E-state index contributed by atoms with van der Waals surface area (Å²) >= 11 is 0. The largest absolute Gasteiger partial charge is 0.456 e. The van der Waals surface area contributed by atoms with Crippen LogP contribution in [0.4, 0.5) is 5.69 Å². The average Bonchev–Trinajstić information content (AvgIpc) is 3.98. The van der Waals surface area contributed by atoms with E-state index in [1.165, 1.54) is 0 Å². The van der Waals surface area contributed by atoms with Crippen molar-refractivity contribution in [3.05, 3.63) is 175 Å². The molecule has 0 saturated carbocycles. The molecule has 0 fully saturated rings. The quantitative estimate of drug-likeness (QED) is 0.173. The number of para-hydroxylation sites is 5. The van der Waals surface area contributed by atoms with Gasteiger partial charge in [-0.1, -0.05) is 97.1 Å². The highest BCUT2D eigenvalue weighted by molar-refractivity contribution is 6.25. The second kappa shape index (κ2) is 10.7. The van der Waals surface area contributed by atoms with Gasteiger partial charge in [-0.15, -0.1) is 0 Å². The molecule has 12 aromatic rings. The van der Waals surface area contributed by atoms with Crippen LogP contribution in [-0.2, 0) is 0 Å². The lowest BCUT2D eigenvalue weighted by atomic mass is 10.0. The van der Waals surface area contributed by atoms with Crippen molar-refractivity contribution in [1.82, 2.24) is 9.13 Å². The molecule has 54 heavy (non-hydrogen) atoms. The van der Waals surface area contributed by atoms with Crippen LogP contribution < -0.4 is 0 Å². The summed E-state index contributed by atoms with van der Waals surface area (Å²) in [5.41, 5.74) is 12.1. The van der Waals surface area contributed by atoms with Gasteiger partial charge in [-0.05, 0) is 72.3 Å². The van der Waals surface area contributed by atoms with Crippen LogP contribution in [0.3, 0.4) is 0 Å². The average molecular weight is 690 g/mol. The van der Waals surface area contributed by atoms with E-state index in [0.29, 0.717) is 5.69 Å². The van der Waals surface area contributed by atoms with Gasteiger partial charge in [-0.2, -0.15) is 0 Å². The highest BCUT2D eigenvalue weighted by Crippen LogP contribution is 2.45. The van der Waals surface area contributed by atoms with Crippen molar-refractivity contribution in [3.8, 4) is 22.5 Å². The van der Waals surface area contributed by atoms with Gasteiger partial charge in [0.2, 0.25) is 0 Å². The molecule has 0 atom stereocenters. The Morgan fingerprint density at radius 2 is 1.06 bits per heavy atom. The highest BCUT2D eigenvalue weighted by Gasteiger charge is 2.23. The molecule has 0 radical (unpaired) electrons. The summed E-state index contributed by atoms with van der Waals surface area (Å²) in [5.74, 6) is 0. The first-order valence-corrected chi connectivity index (χ1v) is 18.0. The molecule has 5 heteroatoms. The Morgan fingerprint density at radius 3 is 1.85 bits per heavy atom. The number of rotatable bonds is 3. The smallest absolute Gasteiger partial charge is 0.189 e. The molecular formula is C49H27N3O2. The number of hydrogen-bond donors (Lipinski definition) is 0. The lowest BCUT2D eigenvalue weighted by Gasteiger charge is -2.16. The van der Waals surface area contributed by atoms with Crippen LogP contribution in [0.5, 0.6) is 0 Å². The maximum absolute atomic E-state index is 8.30. The fourth-order valence-electron chi connectivity index (χ4n) is 8.87. The standard InChI is InChI=1S/C49H27N3O2/c1-50-30-26-29(27-31(28-30)51-41-18-8-3-13-33(41)36-24-25-45-46(47(36)51)39-16-6-11-21-44(39)53-45)32-12-2-7-17-40(32)52-42-19-9-4-14-34(42)37-22-23-38-35-15-5-10-20-43(35)54-49(38)48(37)52/h2-28H. The SMILES string of the molecule is [C-]#[N+]c1cc(-c2ccccc2-n2c3ccccc3c3ccc4c5ccccc5oc4c32)cc(-n2c3ccccc3c3ccc4oc5ccccc5c4c32)c1. The monoisotopic (exact) mass is 689 g/mol. The van der Waals surface area contributed by atoms with Crippen LogP contribution in [0, 0.1) is 6.57 Å². The summed E-state index contributed by atoms with van der Waals surface area (Å²) < 4.78 is 17.7. The molecule has 8 aromatic carbocycles. The molecule has 12 rings (SSSR count). The minimum Gasteiger partial charge on any atom is -0.456 e. The van der Waals surface area contributed by atoms with Gasteiger partial charge in [0, 0.05) is 49.0 Å². The predicted molar refractivity (Wildman–Crippen MR) is 221 cm³/mol. The van der Waals surface area contributed by atoms with Crippen molar-refractivity contribution in [1.29, 1.82) is 0 Å². The zero-order chi connectivity index (χ0) is 35.5. The molecule has 0 bridgehead atoms. The maximum atomic E-state index is 8.30. The molecule has 4 aromatic heterocycles. The van der Waals surface area contributed by atoms with Crippen LogP contribution in [0.2, 0.25) is 0 Å². The molecule has 4 heterocycles. The van der Waals surface area contributed by atoms with E-state index in [1.807, 2.05) is 36.4 Å². The van der Waals surface area contributed by atoms with Gasteiger partial charge >= 0.3 is 0 Å². The van der Waals surface area contributed by atoms with Crippen molar-refractivity contribution in [3.63, 3.8) is 0 Å². The summed E-state index contributed by atoms with van der Waals surface area (Å²) in [7, 11) is 0. The molecule has 0 amide bonds. The third-order valence-corrected chi connectivity index (χ3v) is 11.1. The third kappa shape index (κ3) is 3.86. The molecule has 250 valence electrons. The molecule has 0 N–H and O–H groups in total. The Kier molecular flexibility index (Phi) is 5.78. The number of hydrogen-bond acceptors (Lipinski definition) is 2. The Hall–Kier alpha value is -7.55. The van der Waals surface area contributed by atoms with E-state index in [1.54, 1.807) is 0 Å². The number of furan rings is 2. The van der Waals surface area contributed by atoms with Gasteiger partial charge in [0.05, 0.1) is 39.7 Å². The van der Waals surface area contributed by atoms with E-state index < -0.39 is 0 Å². The summed E-state index contributed by atoms with van der Waals surface area (Å²) in [6.07, 6.45) is 0. The number of nitrogens with zero attached hydrogens (tertiary/aromatic N) is 3. The highest BCUT2D eigenvalue weighted by atomic mass is 16.3. The molecular weight excluding hydrogens is 663 g/mol. The zero-order valence-corrected chi connectivity index (χ0v) is 28.7. The first-order chi connectivity index (χ1) is 26.7. The van der Waals surface area contributed by atoms with Crippen molar-refractivity contribution in [2.45, 2.75) is 0 Å². The normalized spacial score (nSPS) is 12.1. The minimum atomic E-state index is 0.564. The summed E-state index contributed by atoms with van der Waals surface area (Å²) in [4.78, 5) is 4.04. The second-order valence-electron chi connectivity index (χ2n) is 13.9. The van der Waals surface area contributed by atoms with E-state index >= 15 is 0 Å². The molecule has 0 spiro atoms. The van der Waals surface area contributed by atoms with Crippen LogP contribution in [0.1, 0.15) is 0 Å². The second-order valence-corrected chi connectivity index (χ2v) is 13.9. The number of benzene rings is 8. The Labute approximate surface area is 307 Å². The van der Waals surface area contributed by atoms with Crippen molar-refractivity contribution < 1.29 is 8.83 Å². The Bertz CT molecular complexity index is 3590. The van der Waals surface area contributed by atoms with Gasteiger partial charge in [0.25, 0.3) is 0 Å². The topological polar surface area (TPSA) is 40.5 Å². The lowest BCUT2D eigenvalue weighted by molar-refractivity contribution is 0.669. The van der Waals surface area contributed by atoms with Crippen LogP contribution >= 0.6 is 0 Å². The molecule has 5 nitrogen and oxygen atoms in total. The molecule has 0 aliphatic carbocycles. The first kappa shape index (κ1) is 29.1. The van der Waals surface area contributed by atoms with Gasteiger partial charge in [-0.25, -0.2) is 4.85 Å². The van der Waals surface area contributed by atoms with Gasteiger partial charge in [-0.3, -0.25) is 0 Å². The predicted octanol–water partition coefficient (Wildman–Crippen LogP) is 13.9. The molecule has 0 aliphatic rings. The molecule has 0 aliphatic heterocycles.